The maximum Gasteiger partial charge on any atom is 0.312 e. The van der Waals surface area contributed by atoms with Gasteiger partial charge in [0.15, 0.2) is 0 Å². The molecule has 6 heteroatoms. The van der Waals surface area contributed by atoms with Gasteiger partial charge in [-0.2, -0.15) is 0 Å². The lowest BCUT2D eigenvalue weighted by molar-refractivity contribution is 0.0951. The Morgan fingerprint density at radius 3 is 1.91 bits per heavy atom. The molecule has 0 unspecified atom stereocenters. The third kappa shape index (κ3) is 4.59. The summed E-state index contributed by atoms with van der Waals surface area (Å²) >= 11 is 0. The highest BCUT2D eigenvalue weighted by Crippen LogP contribution is 2.06. The van der Waals surface area contributed by atoms with E-state index < -0.39 is 6.03 Å². The lowest BCUT2D eigenvalue weighted by atomic mass is 10.1. The van der Waals surface area contributed by atoms with Crippen molar-refractivity contribution >= 4 is 11.9 Å². The van der Waals surface area contributed by atoms with Gasteiger partial charge in [0.05, 0.1) is 0 Å². The molecule has 22 heavy (non-hydrogen) atoms. The number of nitrogens with two attached hydrogens (primary N) is 1. The van der Waals surface area contributed by atoms with E-state index in [4.69, 9.17) is 5.73 Å². The predicted octanol–water partition coefficient (Wildman–Crippen LogP) is 1.92. The van der Waals surface area contributed by atoms with E-state index in [1.54, 1.807) is 36.4 Å². The van der Waals surface area contributed by atoms with Crippen LogP contribution in [0.4, 0.5) is 9.18 Å². The molecule has 2 aromatic rings. The molecule has 0 saturated heterocycles. The molecular weight excluding hydrogens is 285 g/mol. The minimum absolute atomic E-state index is 0.223. The zero-order valence-corrected chi connectivity index (χ0v) is 11.8. The topological polar surface area (TPSA) is 84.2 Å². The molecule has 0 heterocycles. The number of urea groups is 1. The minimum Gasteiger partial charge on any atom is -0.352 e. The first-order valence-electron chi connectivity index (χ1n) is 6.69. The molecule has 0 aliphatic carbocycles. The first kappa shape index (κ1) is 15.5. The quantitative estimate of drug-likeness (QED) is 0.788. The van der Waals surface area contributed by atoms with Crippen LogP contribution in [0.25, 0.3) is 0 Å². The second kappa shape index (κ2) is 7.21. The van der Waals surface area contributed by atoms with Crippen molar-refractivity contribution in [3.05, 3.63) is 71.0 Å². The van der Waals surface area contributed by atoms with E-state index in [-0.39, 0.29) is 11.7 Å². The van der Waals surface area contributed by atoms with Crippen molar-refractivity contribution in [1.29, 1.82) is 0 Å². The minimum atomic E-state index is -0.596. The Kier molecular flexibility index (Phi) is 5.08. The molecule has 0 spiro atoms. The van der Waals surface area contributed by atoms with E-state index in [9.17, 15) is 14.0 Å². The highest BCUT2D eigenvalue weighted by atomic mass is 19.1. The van der Waals surface area contributed by atoms with E-state index >= 15 is 0 Å². The molecule has 0 saturated carbocycles. The Balaban J connectivity index is 1.89. The average Bonchev–Trinajstić information content (AvgIpc) is 2.52. The number of hydrogen-bond donors (Lipinski definition) is 3. The van der Waals surface area contributed by atoms with Crippen LogP contribution < -0.4 is 16.4 Å². The standard InChI is InChI=1S/C16H16FN3O2/c17-14-7-3-12(4-8-14)9-19-15(21)13-5-1-11(2-6-13)10-20-16(18)22/h1-8H,9-10H2,(H,19,21)(H3,18,20,22). The molecular formula is C16H16FN3O2. The molecule has 0 aromatic heterocycles. The summed E-state index contributed by atoms with van der Waals surface area (Å²) in [5.41, 5.74) is 7.15. The van der Waals surface area contributed by atoms with Gasteiger partial charge in [0.25, 0.3) is 5.91 Å². The summed E-state index contributed by atoms with van der Waals surface area (Å²) in [6, 6.07) is 12.1. The SMILES string of the molecule is NC(=O)NCc1ccc(C(=O)NCc2ccc(F)cc2)cc1. The number of benzene rings is 2. The van der Waals surface area contributed by atoms with Crippen LogP contribution in [0, 0.1) is 5.82 Å². The second-order valence-corrected chi connectivity index (χ2v) is 4.72. The Morgan fingerprint density at radius 2 is 1.36 bits per heavy atom. The number of halogens is 1. The number of carbonyl (C=O) groups excluding carboxylic acids is 2. The van der Waals surface area contributed by atoms with E-state index in [0.29, 0.717) is 18.7 Å². The van der Waals surface area contributed by atoms with Gasteiger partial charge in [-0.15, -0.1) is 0 Å². The van der Waals surface area contributed by atoms with Crippen LogP contribution in [0.1, 0.15) is 21.5 Å². The summed E-state index contributed by atoms with van der Waals surface area (Å²) in [5, 5.41) is 5.22. The summed E-state index contributed by atoms with van der Waals surface area (Å²) in [7, 11) is 0. The maximum absolute atomic E-state index is 12.8. The zero-order valence-electron chi connectivity index (χ0n) is 11.8. The molecule has 0 atom stereocenters. The van der Waals surface area contributed by atoms with Crippen molar-refractivity contribution in [2.45, 2.75) is 13.1 Å². The monoisotopic (exact) mass is 301 g/mol. The van der Waals surface area contributed by atoms with Crippen molar-refractivity contribution in [3.8, 4) is 0 Å². The van der Waals surface area contributed by atoms with Crippen LogP contribution in [-0.2, 0) is 13.1 Å². The molecule has 114 valence electrons. The van der Waals surface area contributed by atoms with Crippen LogP contribution in [0.3, 0.4) is 0 Å². The third-order valence-corrected chi connectivity index (χ3v) is 3.05. The average molecular weight is 301 g/mol. The fraction of sp³-hybridized carbons (Fsp3) is 0.125. The van der Waals surface area contributed by atoms with Crippen LogP contribution in [0.2, 0.25) is 0 Å². The van der Waals surface area contributed by atoms with Gasteiger partial charge in [0.1, 0.15) is 5.82 Å². The zero-order chi connectivity index (χ0) is 15.9. The number of hydrogen-bond acceptors (Lipinski definition) is 2. The summed E-state index contributed by atoms with van der Waals surface area (Å²) in [4.78, 5) is 22.6. The van der Waals surface area contributed by atoms with Gasteiger partial charge >= 0.3 is 6.03 Å². The molecule has 2 aromatic carbocycles. The molecule has 0 fully saturated rings. The summed E-state index contributed by atoms with van der Waals surface area (Å²) in [5.74, 6) is -0.533. The summed E-state index contributed by atoms with van der Waals surface area (Å²) in [6.07, 6.45) is 0. The van der Waals surface area contributed by atoms with Crippen LogP contribution in [0.15, 0.2) is 48.5 Å². The Labute approximate surface area is 127 Å². The third-order valence-electron chi connectivity index (χ3n) is 3.05. The van der Waals surface area contributed by atoms with Crippen molar-refractivity contribution in [2.75, 3.05) is 0 Å². The molecule has 3 amide bonds. The first-order chi connectivity index (χ1) is 10.5. The van der Waals surface area contributed by atoms with E-state index in [1.807, 2.05) is 0 Å². The Hall–Kier alpha value is -2.89. The summed E-state index contributed by atoms with van der Waals surface area (Å²) < 4.78 is 12.8. The molecule has 2 rings (SSSR count). The number of carbonyl (C=O) groups is 2. The number of rotatable bonds is 5. The van der Waals surface area contributed by atoms with E-state index in [0.717, 1.165) is 11.1 Å². The van der Waals surface area contributed by atoms with Gasteiger partial charge in [0, 0.05) is 18.7 Å². The fourth-order valence-corrected chi connectivity index (χ4v) is 1.85. The van der Waals surface area contributed by atoms with E-state index in [2.05, 4.69) is 10.6 Å². The lowest BCUT2D eigenvalue weighted by Crippen LogP contribution is -2.28. The van der Waals surface area contributed by atoms with Crippen molar-refractivity contribution < 1.29 is 14.0 Å². The van der Waals surface area contributed by atoms with Gasteiger partial charge in [0.2, 0.25) is 0 Å². The first-order valence-corrected chi connectivity index (χ1v) is 6.69. The second-order valence-electron chi connectivity index (χ2n) is 4.72. The number of nitrogens with one attached hydrogen (secondary N) is 2. The van der Waals surface area contributed by atoms with Gasteiger partial charge in [-0.3, -0.25) is 4.79 Å². The molecule has 0 bridgehead atoms. The van der Waals surface area contributed by atoms with E-state index in [1.165, 1.54) is 12.1 Å². The molecule has 0 radical (unpaired) electrons. The normalized spacial score (nSPS) is 10.0. The molecule has 4 N–H and O–H groups in total. The molecule has 0 aliphatic heterocycles. The van der Waals surface area contributed by atoms with Gasteiger partial charge in [-0.25, -0.2) is 9.18 Å². The van der Waals surface area contributed by atoms with Crippen molar-refractivity contribution in [3.63, 3.8) is 0 Å². The van der Waals surface area contributed by atoms with Crippen LogP contribution in [-0.4, -0.2) is 11.9 Å². The predicted molar refractivity (Wildman–Crippen MR) is 80.4 cm³/mol. The molecule has 5 nitrogen and oxygen atoms in total. The Bertz CT molecular complexity index is 654. The molecule has 0 aliphatic rings. The largest absolute Gasteiger partial charge is 0.352 e. The highest BCUT2D eigenvalue weighted by molar-refractivity contribution is 5.94. The van der Waals surface area contributed by atoms with Crippen LogP contribution >= 0.6 is 0 Å². The Morgan fingerprint density at radius 1 is 0.864 bits per heavy atom. The van der Waals surface area contributed by atoms with Crippen LogP contribution in [0.5, 0.6) is 0 Å². The van der Waals surface area contributed by atoms with Gasteiger partial charge < -0.3 is 16.4 Å². The summed E-state index contributed by atoms with van der Waals surface area (Å²) in [6.45, 7) is 0.636. The van der Waals surface area contributed by atoms with Gasteiger partial charge in [-0.05, 0) is 35.4 Å². The number of primary amides is 1. The van der Waals surface area contributed by atoms with Crippen molar-refractivity contribution in [2.24, 2.45) is 5.73 Å². The maximum atomic E-state index is 12.8. The highest BCUT2D eigenvalue weighted by Gasteiger charge is 2.05. The lowest BCUT2D eigenvalue weighted by Gasteiger charge is -2.07. The van der Waals surface area contributed by atoms with Gasteiger partial charge in [-0.1, -0.05) is 24.3 Å². The van der Waals surface area contributed by atoms with Crippen molar-refractivity contribution in [1.82, 2.24) is 10.6 Å². The fourth-order valence-electron chi connectivity index (χ4n) is 1.85. The smallest absolute Gasteiger partial charge is 0.312 e. The number of amides is 3.